The summed E-state index contributed by atoms with van der Waals surface area (Å²) in [5.41, 5.74) is 0.672. The number of likely N-dealkylation sites (tertiary alicyclic amines) is 1. The fourth-order valence-electron chi connectivity index (χ4n) is 1.96. The van der Waals surface area contributed by atoms with Gasteiger partial charge in [0, 0.05) is 18.7 Å². The maximum Gasteiger partial charge on any atom is 0.150 e. The highest BCUT2D eigenvalue weighted by molar-refractivity contribution is 5.75. The van der Waals surface area contributed by atoms with Crippen molar-refractivity contribution in [1.82, 2.24) is 4.90 Å². The van der Waals surface area contributed by atoms with Crippen molar-refractivity contribution in [3.8, 4) is 5.75 Å². The fourth-order valence-corrected chi connectivity index (χ4v) is 1.96. The van der Waals surface area contributed by atoms with Gasteiger partial charge >= 0.3 is 0 Å². The quantitative estimate of drug-likeness (QED) is 0.728. The summed E-state index contributed by atoms with van der Waals surface area (Å²) >= 11 is 0. The van der Waals surface area contributed by atoms with Gasteiger partial charge < -0.3 is 9.64 Å². The second-order valence-corrected chi connectivity index (χ2v) is 4.31. The molecule has 1 aliphatic heterocycles. The van der Waals surface area contributed by atoms with Gasteiger partial charge in [-0.3, -0.25) is 4.79 Å². The number of nitrogens with zero attached hydrogens (tertiary/aromatic N) is 1. The molecule has 1 heterocycles. The zero-order chi connectivity index (χ0) is 11.4. The van der Waals surface area contributed by atoms with Crippen LogP contribution < -0.4 is 4.74 Å². The molecule has 3 nitrogen and oxygen atoms in total. The van der Waals surface area contributed by atoms with E-state index in [9.17, 15) is 4.79 Å². The highest BCUT2D eigenvalue weighted by Crippen LogP contribution is 2.19. The zero-order valence-electron chi connectivity index (χ0n) is 9.56. The number of carbonyl (C=O) groups excluding carboxylic acids is 1. The van der Waals surface area contributed by atoms with E-state index in [0.717, 1.165) is 38.0 Å². The van der Waals surface area contributed by atoms with E-state index in [1.54, 1.807) is 12.1 Å². The van der Waals surface area contributed by atoms with Crippen LogP contribution in [0.3, 0.4) is 0 Å². The van der Waals surface area contributed by atoms with Crippen molar-refractivity contribution in [3.05, 3.63) is 29.8 Å². The van der Waals surface area contributed by atoms with Gasteiger partial charge in [-0.25, -0.2) is 0 Å². The van der Waals surface area contributed by atoms with E-state index >= 15 is 0 Å². The SMILES string of the molecule is CN1CCC(Oc2cccc(C=O)c2)CC1. The molecule has 0 aliphatic carbocycles. The second kappa shape index (κ2) is 5.12. The molecule has 1 aromatic carbocycles. The molecule has 0 N–H and O–H groups in total. The summed E-state index contributed by atoms with van der Waals surface area (Å²) in [5.74, 6) is 0.805. The number of carbonyl (C=O) groups is 1. The van der Waals surface area contributed by atoms with E-state index in [2.05, 4.69) is 11.9 Å². The summed E-state index contributed by atoms with van der Waals surface area (Å²) in [5, 5.41) is 0. The molecular formula is C13H17NO2. The molecule has 0 radical (unpaired) electrons. The lowest BCUT2D eigenvalue weighted by atomic mass is 10.1. The van der Waals surface area contributed by atoms with Crippen LogP contribution in [0.1, 0.15) is 23.2 Å². The summed E-state index contributed by atoms with van der Waals surface area (Å²) in [6.07, 6.45) is 3.25. The predicted octanol–water partition coefficient (Wildman–Crippen LogP) is 1.97. The van der Waals surface area contributed by atoms with Gasteiger partial charge in [-0.15, -0.1) is 0 Å². The summed E-state index contributed by atoms with van der Waals surface area (Å²) < 4.78 is 5.86. The highest BCUT2D eigenvalue weighted by atomic mass is 16.5. The first-order valence-corrected chi connectivity index (χ1v) is 5.68. The van der Waals surface area contributed by atoms with Gasteiger partial charge in [0.2, 0.25) is 0 Å². The van der Waals surface area contributed by atoms with Crippen molar-refractivity contribution in [2.45, 2.75) is 18.9 Å². The van der Waals surface area contributed by atoms with Crippen molar-refractivity contribution in [1.29, 1.82) is 0 Å². The van der Waals surface area contributed by atoms with Crippen molar-refractivity contribution in [2.24, 2.45) is 0 Å². The number of ether oxygens (including phenoxy) is 1. The van der Waals surface area contributed by atoms with Crippen LogP contribution in [0.4, 0.5) is 0 Å². The normalized spacial score (nSPS) is 18.3. The molecule has 2 rings (SSSR count). The average Bonchev–Trinajstić information content (AvgIpc) is 2.32. The topological polar surface area (TPSA) is 29.5 Å². The Labute approximate surface area is 96.0 Å². The van der Waals surface area contributed by atoms with Gasteiger partial charge in [0.15, 0.2) is 0 Å². The molecule has 1 aliphatic rings. The lowest BCUT2D eigenvalue weighted by Gasteiger charge is -2.29. The minimum absolute atomic E-state index is 0.290. The van der Waals surface area contributed by atoms with Crippen molar-refractivity contribution in [2.75, 3.05) is 20.1 Å². The monoisotopic (exact) mass is 219 g/mol. The molecule has 0 aromatic heterocycles. The van der Waals surface area contributed by atoms with Gasteiger partial charge in [0.1, 0.15) is 18.1 Å². The third-order valence-corrected chi connectivity index (χ3v) is 2.96. The zero-order valence-corrected chi connectivity index (χ0v) is 9.56. The molecule has 86 valence electrons. The van der Waals surface area contributed by atoms with Crippen molar-refractivity contribution >= 4 is 6.29 Å². The van der Waals surface area contributed by atoms with Gasteiger partial charge in [0.05, 0.1) is 0 Å². The largest absolute Gasteiger partial charge is 0.490 e. The molecule has 0 atom stereocenters. The summed E-state index contributed by atoms with van der Waals surface area (Å²) in [4.78, 5) is 12.9. The maximum atomic E-state index is 10.6. The van der Waals surface area contributed by atoms with Crippen LogP contribution in [0.5, 0.6) is 5.75 Å². The molecule has 0 bridgehead atoms. The maximum absolute atomic E-state index is 10.6. The second-order valence-electron chi connectivity index (χ2n) is 4.31. The van der Waals surface area contributed by atoms with Crippen LogP contribution in [-0.4, -0.2) is 37.4 Å². The molecule has 0 unspecified atom stereocenters. The van der Waals surface area contributed by atoms with Gasteiger partial charge in [-0.1, -0.05) is 12.1 Å². The van der Waals surface area contributed by atoms with Gasteiger partial charge in [-0.2, -0.15) is 0 Å². The van der Waals surface area contributed by atoms with E-state index in [0.29, 0.717) is 5.56 Å². The minimum Gasteiger partial charge on any atom is -0.490 e. The van der Waals surface area contributed by atoms with Crippen LogP contribution in [0, 0.1) is 0 Å². The summed E-state index contributed by atoms with van der Waals surface area (Å²) in [6, 6.07) is 7.35. The number of aldehydes is 1. The van der Waals surface area contributed by atoms with Crippen LogP contribution in [0.15, 0.2) is 24.3 Å². The molecule has 0 saturated carbocycles. The van der Waals surface area contributed by atoms with E-state index < -0.39 is 0 Å². The number of hydrogen-bond acceptors (Lipinski definition) is 3. The molecule has 1 saturated heterocycles. The lowest BCUT2D eigenvalue weighted by molar-refractivity contribution is 0.110. The third kappa shape index (κ3) is 2.83. The number of rotatable bonds is 3. The Bertz CT molecular complexity index is 357. The first-order valence-electron chi connectivity index (χ1n) is 5.68. The van der Waals surface area contributed by atoms with E-state index in [-0.39, 0.29) is 6.10 Å². The fraction of sp³-hybridized carbons (Fsp3) is 0.462. The minimum atomic E-state index is 0.290. The van der Waals surface area contributed by atoms with E-state index in [4.69, 9.17) is 4.74 Å². The Balaban J connectivity index is 1.95. The first-order chi connectivity index (χ1) is 7.78. The van der Waals surface area contributed by atoms with Gasteiger partial charge in [-0.05, 0) is 32.0 Å². The molecular weight excluding hydrogens is 202 g/mol. The Kier molecular flexibility index (Phi) is 3.57. The third-order valence-electron chi connectivity index (χ3n) is 2.96. The van der Waals surface area contributed by atoms with Crippen LogP contribution >= 0.6 is 0 Å². The number of piperidine rings is 1. The lowest BCUT2D eigenvalue weighted by Crippen LogP contribution is -2.35. The molecule has 0 spiro atoms. The molecule has 1 fully saturated rings. The summed E-state index contributed by atoms with van der Waals surface area (Å²) in [7, 11) is 2.13. The van der Waals surface area contributed by atoms with Gasteiger partial charge in [0.25, 0.3) is 0 Å². The molecule has 16 heavy (non-hydrogen) atoms. The van der Waals surface area contributed by atoms with Crippen molar-refractivity contribution < 1.29 is 9.53 Å². The summed E-state index contributed by atoms with van der Waals surface area (Å²) in [6.45, 7) is 2.16. The number of benzene rings is 1. The average molecular weight is 219 g/mol. The van der Waals surface area contributed by atoms with Crippen LogP contribution in [0.2, 0.25) is 0 Å². The van der Waals surface area contributed by atoms with Crippen LogP contribution in [-0.2, 0) is 0 Å². The number of hydrogen-bond donors (Lipinski definition) is 0. The smallest absolute Gasteiger partial charge is 0.150 e. The van der Waals surface area contributed by atoms with Crippen LogP contribution in [0.25, 0.3) is 0 Å². The Hall–Kier alpha value is -1.35. The highest BCUT2D eigenvalue weighted by Gasteiger charge is 2.17. The predicted molar refractivity (Wildman–Crippen MR) is 63.0 cm³/mol. The Morgan fingerprint density at radius 2 is 2.12 bits per heavy atom. The Morgan fingerprint density at radius 1 is 1.38 bits per heavy atom. The molecule has 3 heteroatoms. The van der Waals surface area contributed by atoms with E-state index in [1.807, 2.05) is 12.1 Å². The Morgan fingerprint density at radius 3 is 2.81 bits per heavy atom. The first kappa shape index (κ1) is 11.1. The standard InChI is InChI=1S/C13H17NO2/c1-14-7-5-12(6-8-14)16-13-4-2-3-11(9-13)10-15/h2-4,9-10,12H,5-8H2,1H3. The van der Waals surface area contributed by atoms with E-state index in [1.165, 1.54) is 0 Å². The van der Waals surface area contributed by atoms with Crippen molar-refractivity contribution in [3.63, 3.8) is 0 Å². The molecule has 0 amide bonds. The molecule has 1 aromatic rings.